The quantitative estimate of drug-likeness (QED) is 0.882. The van der Waals surface area contributed by atoms with Crippen molar-refractivity contribution in [3.05, 3.63) is 29.8 Å². The van der Waals surface area contributed by atoms with Crippen LogP contribution < -0.4 is 4.74 Å². The normalized spacial score (nSPS) is 17.9. The Morgan fingerprint density at radius 3 is 2.65 bits per heavy atom. The highest BCUT2D eigenvalue weighted by molar-refractivity contribution is 5.30. The Morgan fingerprint density at radius 2 is 2.06 bits per heavy atom. The van der Waals surface area contributed by atoms with Gasteiger partial charge in [-0.25, -0.2) is 0 Å². The number of hydrogen-bond donors (Lipinski definition) is 1. The van der Waals surface area contributed by atoms with Crippen molar-refractivity contribution in [2.45, 2.75) is 31.7 Å². The highest BCUT2D eigenvalue weighted by Gasteiger charge is 2.31. The molecular formula is C12H13F3O2. The first-order valence-electron chi connectivity index (χ1n) is 5.48. The molecule has 1 aromatic rings. The van der Waals surface area contributed by atoms with Gasteiger partial charge in [0.25, 0.3) is 0 Å². The van der Waals surface area contributed by atoms with Crippen molar-refractivity contribution in [2.24, 2.45) is 5.92 Å². The Labute approximate surface area is 97.0 Å². The molecular weight excluding hydrogens is 233 g/mol. The molecule has 0 amide bonds. The lowest BCUT2D eigenvalue weighted by molar-refractivity contribution is -0.274. The van der Waals surface area contributed by atoms with Crippen molar-refractivity contribution in [1.29, 1.82) is 0 Å². The Morgan fingerprint density at radius 1 is 1.35 bits per heavy atom. The number of halogens is 3. The van der Waals surface area contributed by atoms with Crippen molar-refractivity contribution < 1.29 is 23.0 Å². The van der Waals surface area contributed by atoms with Crippen LogP contribution in [0.15, 0.2) is 24.3 Å². The first-order valence-corrected chi connectivity index (χ1v) is 5.48. The first-order chi connectivity index (χ1) is 7.94. The van der Waals surface area contributed by atoms with Crippen LogP contribution in [0.5, 0.6) is 5.75 Å². The number of alkyl halides is 3. The maximum atomic E-state index is 12.0. The van der Waals surface area contributed by atoms with Gasteiger partial charge in [-0.2, -0.15) is 0 Å². The van der Waals surface area contributed by atoms with Crippen LogP contribution in [0.3, 0.4) is 0 Å². The molecule has 17 heavy (non-hydrogen) atoms. The standard InChI is InChI=1S/C12H13F3O2/c13-12(14,15)17-10-3-1-2-9(7-10)11(16)6-8-4-5-8/h1-3,7-8,11,16H,4-6H2. The molecule has 2 rings (SSSR count). The van der Waals surface area contributed by atoms with E-state index >= 15 is 0 Å². The van der Waals surface area contributed by atoms with E-state index in [9.17, 15) is 18.3 Å². The number of benzene rings is 1. The summed E-state index contributed by atoms with van der Waals surface area (Å²) in [5, 5.41) is 9.82. The predicted molar refractivity (Wildman–Crippen MR) is 55.4 cm³/mol. The van der Waals surface area contributed by atoms with Crippen molar-refractivity contribution in [3.63, 3.8) is 0 Å². The summed E-state index contributed by atoms with van der Waals surface area (Å²) in [6.07, 6.45) is -2.61. The third-order valence-corrected chi connectivity index (χ3v) is 2.73. The SMILES string of the molecule is OC(CC1CC1)c1cccc(OC(F)(F)F)c1. The van der Waals surface area contributed by atoms with E-state index in [1.54, 1.807) is 6.07 Å². The fraction of sp³-hybridized carbons (Fsp3) is 0.500. The average molecular weight is 246 g/mol. The second-order valence-electron chi connectivity index (χ2n) is 4.32. The Kier molecular flexibility index (Phi) is 3.28. The van der Waals surface area contributed by atoms with E-state index in [2.05, 4.69) is 4.74 Å². The van der Waals surface area contributed by atoms with Crippen molar-refractivity contribution in [3.8, 4) is 5.75 Å². The van der Waals surface area contributed by atoms with Gasteiger partial charge >= 0.3 is 6.36 Å². The smallest absolute Gasteiger partial charge is 0.406 e. The number of rotatable bonds is 4. The molecule has 0 aromatic heterocycles. The van der Waals surface area contributed by atoms with Gasteiger partial charge in [-0.05, 0) is 30.0 Å². The Balaban J connectivity index is 2.04. The van der Waals surface area contributed by atoms with Crippen molar-refractivity contribution >= 4 is 0 Å². The van der Waals surface area contributed by atoms with Crippen LogP contribution in [-0.4, -0.2) is 11.5 Å². The van der Waals surface area contributed by atoms with Crippen LogP contribution in [0, 0.1) is 5.92 Å². The molecule has 1 atom stereocenters. The molecule has 1 saturated carbocycles. The van der Waals surface area contributed by atoms with E-state index < -0.39 is 12.5 Å². The number of hydrogen-bond acceptors (Lipinski definition) is 2. The minimum Gasteiger partial charge on any atom is -0.406 e. The van der Waals surface area contributed by atoms with E-state index in [0.717, 1.165) is 12.8 Å². The molecule has 0 bridgehead atoms. The van der Waals surface area contributed by atoms with Gasteiger partial charge in [0.05, 0.1) is 6.10 Å². The van der Waals surface area contributed by atoms with Crippen molar-refractivity contribution in [1.82, 2.24) is 0 Å². The summed E-state index contributed by atoms with van der Waals surface area (Å²) in [5.74, 6) is 0.224. The molecule has 0 aliphatic heterocycles. The van der Waals surface area contributed by atoms with Gasteiger partial charge < -0.3 is 9.84 Å². The monoisotopic (exact) mass is 246 g/mol. The molecule has 0 heterocycles. The van der Waals surface area contributed by atoms with E-state index in [1.165, 1.54) is 18.2 Å². The average Bonchev–Trinajstić information content (AvgIpc) is 2.99. The molecule has 94 valence electrons. The lowest BCUT2D eigenvalue weighted by atomic mass is 10.0. The molecule has 2 nitrogen and oxygen atoms in total. The molecule has 5 heteroatoms. The summed E-state index contributed by atoms with van der Waals surface area (Å²) in [4.78, 5) is 0. The van der Waals surface area contributed by atoms with Gasteiger partial charge in [-0.1, -0.05) is 25.0 Å². The van der Waals surface area contributed by atoms with Crippen LogP contribution in [0.4, 0.5) is 13.2 Å². The van der Waals surface area contributed by atoms with Gasteiger partial charge in [0.2, 0.25) is 0 Å². The van der Waals surface area contributed by atoms with Crippen LogP contribution >= 0.6 is 0 Å². The molecule has 1 aliphatic rings. The third-order valence-electron chi connectivity index (χ3n) is 2.73. The van der Waals surface area contributed by atoms with E-state index in [1.807, 2.05) is 0 Å². The lowest BCUT2D eigenvalue weighted by Gasteiger charge is -2.13. The fourth-order valence-corrected chi connectivity index (χ4v) is 1.72. The van der Waals surface area contributed by atoms with Crippen molar-refractivity contribution in [2.75, 3.05) is 0 Å². The largest absolute Gasteiger partial charge is 0.573 e. The fourth-order valence-electron chi connectivity index (χ4n) is 1.72. The molecule has 1 aromatic carbocycles. The maximum Gasteiger partial charge on any atom is 0.573 e. The van der Waals surface area contributed by atoms with Crippen LogP contribution in [0.1, 0.15) is 30.9 Å². The zero-order valence-electron chi connectivity index (χ0n) is 9.07. The predicted octanol–water partition coefficient (Wildman–Crippen LogP) is 3.42. The van der Waals surface area contributed by atoms with Gasteiger partial charge in [0, 0.05) is 0 Å². The molecule has 1 aliphatic carbocycles. The molecule has 0 saturated heterocycles. The summed E-state index contributed by atoms with van der Waals surface area (Å²) < 4.78 is 39.8. The summed E-state index contributed by atoms with van der Waals surface area (Å²) in [7, 11) is 0. The molecule has 1 fully saturated rings. The number of aliphatic hydroxyl groups is 1. The highest BCUT2D eigenvalue weighted by Crippen LogP contribution is 2.38. The number of aliphatic hydroxyl groups excluding tert-OH is 1. The zero-order chi connectivity index (χ0) is 12.5. The van der Waals surface area contributed by atoms with Crippen LogP contribution in [-0.2, 0) is 0 Å². The van der Waals surface area contributed by atoms with E-state index in [0.29, 0.717) is 17.9 Å². The molecule has 1 unspecified atom stereocenters. The van der Waals surface area contributed by atoms with Gasteiger partial charge in [-0.15, -0.1) is 13.2 Å². The van der Waals surface area contributed by atoms with Crippen LogP contribution in [0.2, 0.25) is 0 Å². The molecule has 0 spiro atoms. The van der Waals surface area contributed by atoms with Gasteiger partial charge in [-0.3, -0.25) is 0 Å². The summed E-state index contributed by atoms with van der Waals surface area (Å²) in [5.41, 5.74) is 0.471. The van der Waals surface area contributed by atoms with Crippen LogP contribution in [0.25, 0.3) is 0 Å². The highest BCUT2D eigenvalue weighted by atomic mass is 19.4. The third kappa shape index (κ3) is 3.93. The number of ether oxygens (including phenoxy) is 1. The zero-order valence-corrected chi connectivity index (χ0v) is 9.07. The van der Waals surface area contributed by atoms with E-state index in [4.69, 9.17) is 0 Å². The second-order valence-corrected chi connectivity index (χ2v) is 4.32. The topological polar surface area (TPSA) is 29.5 Å². The molecule has 0 radical (unpaired) electrons. The lowest BCUT2D eigenvalue weighted by Crippen LogP contribution is -2.17. The Bertz CT molecular complexity index is 386. The first kappa shape index (κ1) is 12.2. The molecule has 1 N–H and O–H groups in total. The second kappa shape index (κ2) is 4.56. The van der Waals surface area contributed by atoms with Gasteiger partial charge in [0.1, 0.15) is 5.75 Å². The summed E-state index contributed by atoms with van der Waals surface area (Å²) >= 11 is 0. The minimum absolute atomic E-state index is 0.287. The Hall–Kier alpha value is -1.23. The van der Waals surface area contributed by atoms with E-state index in [-0.39, 0.29) is 5.75 Å². The maximum absolute atomic E-state index is 12.0. The summed E-state index contributed by atoms with van der Waals surface area (Å²) in [6.45, 7) is 0. The minimum atomic E-state index is -4.69. The summed E-state index contributed by atoms with van der Waals surface area (Å²) in [6, 6.07) is 5.52. The van der Waals surface area contributed by atoms with Gasteiger partial charge in [0.15, 0.2) is 0 Å².